The first kappa shape index (κ1) is 14.8. The second-order valence-electron chi connectivity index (χ2n) is 7.02. The van der Waals surface area contributed by atoms with Crippen LogP contribution in [-0.4, -0.2) is 20.5 Å². The first-order chi connectivity index (χ1) is 8.72. The van der Waals surface area contributed by atoms with Crippen LogP contribution in [0.15, 0.2) is 30.3 Å². The molecule has 1 unspecified atom stereocenters. The maximum atomic E-state index is 6.39. The van der Waals surface area contributed by atoms with E-state index >= 15 is 0 Å². The average Bonchev–Trinajstić information content (AvgIpc) is 3.08. The van der Waals surface area contributed by atoms with E-state index in [1.165, 1.54) is 5.56 Å². The SMILES string of the molecule is CC(O[Si](C)(C)C(C)(C)C)[C@@H]1O[C@@H]1c1ccccc1. The van der Waals surface area contributed by atoms with Gasteiger partial charge in [-0.15, -0.1) is 0 Å². The molecule has 19 heavy (non-hydrogen) atoms. The van der Waals surface area contributed by atoms with E-state index in [1.54, 1.807) is 0 Å². The molecular weight excluding hydrogens is 252 g/mol. The molecule has 0 aromatic heterocycles. The smallest absolute Gasteiger partial charge is 0.192 e. The first-order valence-corrected chi connectivity index (χ1v) is 10.0. The largest absolute Gasteiger partial charge is 0.411 e. The Kier molecular flexibility index (Phi) is 3.91. The summed E-state index contributed by atoms with van der Waals surface area (Å²) in [5, 5.41) is 0.248. The zero-order chi connectivity index (χ0) is 14.3. The molecular formula is C16H26O2Si. The summed E-state index contributed by atoms with van der Waals surface area (Å²) in [4.78, 5) is 0. The van der Waals surface area contributed by atoms with Crippen molar-refractivity contribution in [3.8, 4) is 0 Å². The molecule has 0 bridgehead atoms. The van der Waals surface area contributed by atoms with Crippen LogP contribution in [0, 0.1) is 0 Å². The number of hydrogen-bond acceptors (Lipinski definition) is 2. The Labute approximate surface area is 118 Å². The Balaban J connectivity index is 1.95. The van der Waals surface area contributed by atoms with E-state index in [9.17, 15) is 0 Å². The van der Waals surface area contributed by atoms with E-state index in [0.717, 1.165) is 0 Å². The summed E-state index contributed by atoms with van der Waals surface area (Å²) in [5.74, 6) is 0. The van der Waals surface area contributed by atoms with Crippen LogP contribution < -0.4 is 0 Å². The number of ether oxygens (including phenoxy) is 1. The first-order valence-electron chi connectivity index (χ1n) is 7.10. The highest BCUT2D eigenvalue weighted by Gasteiger charge is 2.48. The van der Waals surface area contributed by atoms with Gasteiger partial charge in [-0.1, -0.05) is 51.1 Å². The van der Waals surface area contributed by atoms with Gasteiger partial charge in [0.25, 0.3) is 0 Å². The second-order valence-corrected chi connectivity index (χ2v) is 11.8. The molecule has 0 amide bonds. The average molecular weight is 278 g/mol. The lowest BCUT2D eigenvalue weighted by Crippen LogP contribution is -2.44. The lowest BCUT2D eigenvalue weighted by molar-refractivity contribution is 0.159. The maximum absolute atomic E-state index is 6.39. The number of epoxide rings is 1. The van der Waals surface area contributed by atoms with Crippen molar-refractivity contribution in [3.05, 3.63) is 35.9 Å². The molecule has 0 N–H and O–H groups in total. The van der Waals surface area contributed by atoms with Crippen LogP contribution in [-0.2, 0) is 9.16 Å². The van der Waals surface area contributed by atoms with Crippen molar-refractivity contribution in [1.29, 1.82) is 0 Å². The van der Waals surface area contributed by atoms with E-state index < -0.39 is 8.32 Å². The zero-order valence-corrected chi connectivity index (χ0v) is 13.9. The van der Waals surface area contributed by atoms with Crippen molar-refractivity contribution in [2.24, 2.45) is 0 Å². The topological polar surface area (TPSA) is 21.8 Å². The van der Waals surface area contributed by atoms with Crippen molar-refractivity contribution in [2.75, 3.05) is 0 Å². The molecule has 0 saturated carbocycles. The molecule has 106 valence electrons. The van der Waals surface area contributed by atoms with Gasteiger partial charge in [-0.2, -0.15) is 0 Å². The Morgan fingerprint density at radius 3 is 2.26 bits per heavy atom. The Morgan fingerprint density at radius 2 is 1.74 bits per heavy atom. The Hall–Kier alpha value is -0.643. The number of benzene rings is 1. The molecule has 1 aliphatic heterocycles. The molecule has 3 heteroatoms. The van der Waals surface area contributed by atoms with Crippen LogP contribution in [0.4, 0.5) is 0 Å². The minimum atomic E-state index is -1.70. The zero-order valence-electron chi connectivity index (χ0n) is 12.9. The summed E-state index contributed by atoms with van der Waals surface area (Å²) in [6.07, 6.45) is 0.614. The molecule has 3 atom stereocenters. The molecule has 1 aliphatic rings. The fraction of sp³-hybridized carbons (Fsp3) is 0.625. The molecule has 1 saturated heterocycles. The predicted molar refractivity (Wildman–Crippen MR) is 81.8 cm³/mol. The molecule has 1 aromatic rings. The molecule has 1 fully saturated rings. The predicted octanol–water partition coefficient (Wildman–Crippen LogP) is 4.54. The highest BCUT2D eigenvalue weighted by atomic mass is 28.4. The van der Waals surface area contributed by atoms with E-state index in [1.807, 2.05) is 6.07 Å². The maximum Gasteiger partial charge on any atom is 0.192 e. The van der Waals surface area contributed by atoms with Gasteiger partial charge in [0.05, 0.1) is 6.10 Å². The second kappa shape index (κ2) is 5.04. The van der Waals surface area contributed by atoms with Crippen molar-refractivity contribution in [2.45, 2.75) is 64.1 Å². The Morgan fingerprint density at radius 1 is 1.16 bits per heavy atom. The van der Waals surface area contributed by atoms with E-state index in [-0.39, 0.29) is 23.4 Å². The van der Waals surface area contributed by atoms with Gasteiger partial charge in [0.1, 0.15) is 12.2 Å². The van der Waals surface area contributed by atoms with Gasteiger partial charge < -0.3 is 9.16 Å². The van der Waals surface area contributed by atoms with Crippen LogP contribution in [0.1, 0.15) is 39.4 Å². The summed E-state index contributed by atoms with van der Waals surface area (Å²) in [6.45, 7) is 13.6. The summed E-state index contributed by atoms with van der Waals surface area (Å²) in [7, 11) is -1.70. The third-order valence-corrected chi connectivity index (χ3v) is 8.98. The fourth-order valence-corrected chi connectivity index (χ4v) is 3.52. The summed E-state index contributed by atoms with van der Waals surface area (Å²) in [5.41, 5.74) is 1.26. The lowest BCUT2D eigenvalue weighted by Gasteiger charge is -2.38. The molecule has 1 heterocycles. The van der Waals surface area contributed by atoms with Crippen molar-refractivity contribution >= 4 is 8.32 Å². The van der Waals surface area contributed by atoms with E-state index in [2.05, 4.69) is 65.1 Å². The summed E-state index contributed by atoms with van der Waals surface area (Å²) < 4.78 is 12.2. The minimum absolute atomic E-state index is 0.172. The van der Waals surface area contributed by atoms with Gasteiger partial charge in [-0.05, 0) is 30.6 Å². The number of rotatable bonds is 4. The highest BCUT2D eigenvalue weighted by Crippen LogP contribution is 2.44. The van der Waals surface area contributed by atoms with Crippen LogP contribution in [0.3, 0.4) is 0 Å². The lowest BCUT2D eigenvalue weighted by atomic mass is 10.1. The molecule has 2 rings (SSSR count). The van der Waals surface area contributed by atoms with Gasteiger partial charge in [0.2, 0.25) is 0 Å². The summed E-state index contributed by atoms with van der Waals surface area (Å²) in [6, 6.07) is 10.4. The van der Waals surface area contributed by atoms with Gasteiger partial charge in [-0.3, -0.25) is 0 Å². The third kappa shape index (κ3) is 3.27. The molecule has 0 aliphatic carbocycles. The van der Waals surface area contributed by atoms with Gasteiger partial charge in [0, 0.05) is 0 Å². The van der Waals surface area contributed by atoms with Gasteiger partial charge in [-0.25, -0.2) is 0 Å². The molecule has 1 aromatic carbocycles. The summed E-state index contributed by atoms with van der Waals surface area (Å²) >= 11 is 0. The van der Waals surface area contributed by atoms with Gasteiger partial charge in [0.15, 0.2) is 8.32 Å². The van der Waals surface area contributed by atoms with Crippen LogP contribution in [0.2, 0.25) is 18.1 Å². The van der Waals surface area contributed by atoms with Crippen LogP contribution in [0.25, 0.3) is 0 Å². The van der Waals surface area contributed by atoms with Crippen LogP contribution >= 0.6 is 0 Å². The quantitative estimate of drug-likeness (QED) is 0.596. The van der Waals surface area contributed by atoms with Crippen molar-refractivity contribution in [3.63, 3.8) is 0 Å². The third-order valence-electron chi connectivity index (χ3n) is 4.40. The normalized spacial score (nSPS) is 25.2. The van der Waals surface area contributed by atoms with Crippen LogP contribution in [0.5, 0.6) is 0 Å². The van der Waals surface area contributed by atoms with Crippen molar-refractivity contribution in [1.82, 2.24) is 0 Å². The molecule has 2 nitrogen and oxygen atoms in total. The fourth-order valence-electron chi connectivity index (χ4n) is 2.10. The van der Waals surface area contributed by atoms with E-state index in [4.69, 9.17) is 9.16 Å². The molecule has 0 spiro atoms. The minimum Gasteiger partial charge on any atom is -0.411 e. The Bertz CT molecular complexity index is 422. The highest BCUT2D eigenvalue weighted by molar-refractivity contribution is 6.74. The number of hydrogen-bond donors (Lipinski definition) is 0. The standard InChI is InChI=1S/C16H26O2Si/c1-12(18-19(5,6)16(2,3)4)14-15(17-14)13-10-8-7-9-11-13/h7-12,14-15H,1-6H3/t12?,14-,15+/m0/s1. The molecule has 0 radical (unpaired) electrons. The van der Waals surface area contributed by atoms with Crippen molar-refractivity contribution < 1.29 is 9.16 Å². The van der Waals surface area contributed by atoms with Gasteiger partial charge >= 0.3 is 0 Å². The monoisotopic (exact) mass is 278 g/mol. The van der Waals surface area contributed by atoms with E-state index in [0.29, 0.717) is 0 Å².